The molecule has 0 aliphatic carbocycles. The van der Waals surface area contributed by atoms with Crippen LogP contribution in [0, 0.1) is 0 Å². The highest BCUT2D eigenvalue weighted by molar-refractivity contribution is 7.72. The number of rotatable bonds is 2. The smallest absolute Gasteiger partial charge is 0.300 e. The van der Waals surface area contributed by atoms with E-state index >= 15 is 0 Å². The minimum absolute atomic E-state index is 0.205. The number of allylic oxidation sites excluding steroid dienone is 1. The maximum Gasteiger partial charge on any atom is 0.401 e. The zero-order chi connectivity index (χ0) is 8.48. The van der Waals surface area contributed by atoms with Crippen molar-refractivity contribution in [3.63, 3.8) is 0 Å². The Hall–Kier alpha value is -0.440. The van der Waals surface area contributed by atoms with E-state index < -0.39 is 13.1 Å². The van der Waals surface area contributed by atoms with E-state index in [9.17, 15) is 9.36 Å². The van der Waals surface area contributed by atoms with Crippen LogP contribution in [0.1, 0.15) is 6.92 Å². The first-order valence-corrected chi connectivity index (χ1v) is 4.73. The quantitative estimate of drug-likeness (QED) is 0.470. The highest BCUT2D eigenvalue weighted by atomic mass is 31.2. The van der Waals surface area contributed by atoms with Crippen molar-refractivity contribution in [2.24, 2.45) is 0 Å². The molecule has 0 aromatic carbocycles. The van der Waals surface area contributed by atoms with Crippen molar-refractivity contribution < 1.29 is 18.4 Å². The molecule has 1 rings (SSSR count). The summed E-state index contributed by atoms with van der Waals surface area (Å²) in [4.78, 5) is 10.9. The largest absolute Gasteiger partial charge is 0.401 e. The number of hydrogen-bond acceptors (Lipinski definition) is 4. The van der Waals surface area contributed by atoms with Crippen molar-refractivity contribution in [1.29, 1.82) is 0 Å². The highest BCUT2D eigenvalue weighted by Crippen LogP contribution is 2.54. The molecule has 1 saturated heterocycles. The van der Waals surface area contributed by atoms with E-state index in [0.29, 0.717) is 0 Å². The zero-order valence-electron chi connectivity index (χ0n) is 6.15. The summed E-state index contributed by atoms with van der Waals surface area (Å²) in [6, 6.07) is 0. The fourth-order valence-corrected chi connectivity index (χ4v) is 2.18. The van der Waals surface area contributed by atoms with Gasteiger partial charge >= 0.3 is 7.60 Å². The van der Waals surface area contributed by atoms with E-state index in [2.05, 4.69) is 6.58 Å². The molecule has 2 atom stereocenters. The predicted octanol–water partition coefficient (Wildman–Crippen LogP) is 1.33. The zero-order valence-corrected chi connectivity index (χ0v) is 7.04. The third kappa shape index (κ3) is 1.59. The van der Waals surface area contributed by atoms with Crippen LogP contribution >= 0.6 is 7.60 Å². The van der Waals surface area contributed by atoms with Gasteiger partial charge in [0.15, 0.2) is 0 Å². The van der Waals surface area contributed by atoms with Crippen molar-refractivity contribution in [1.82, 2.24) is 0 Å². The van der Waals surface area contributed by atoms with Crippen molar-refractivity contribution >= 4 is 13.1 Å². The lowest BCUT2D eigenvalue weighted by Crippen LogP contribution is -2.01. The average Bonchev–Trinajstić information content (AvgIpc) is 2.31. The molecule has 1 heterocycles. The van der Waals surface area contributed by atoms with Gasteiger partial charge in [0.2, 0.25) is 0 Å². The van der Waals surface area contributed by atoms with Crippen LogP contribution in [0.5, 0.6) is 0 Å². The Morgan fingerprint density at radius 2 is 2.45 bits per heavy atom. The van der Waals surface area contributed by atoms with E-state index in [-0.39, 0.29) is 12.7 Å². The maximum atomic E-state index is 11.3. The van der Waals surface area contributed by atoms with Gasteiger partial charge in [-0.2, -0.15) is 0 Å². The molecule has 0 aromatic rings. The van der Waals surface area contributed by atoms with Gasteiger partial charge in [-0.05, 0) is 13.0 Å². The summed E-state index contributed by atoms with van der Waals surface area (Å²) >= 11 is 0. The lowest BCUT2D eigenvalue weighted by atomic mass is 10.5. The van der Waals surface area contributed by atoms with Gasteiger partial charge in [0, 0.05) is 0 Å². The molecule has 0 saturated carbocycles. The summed E-state index contributed by atoms with van der Waals surface area (Å²) in [6.07, 6.45) is 0.684. The summed E-state index contributed by atoms with van der Waals surface area (Å²) in [5.74, 6) is 0. The Bertz CT molecular complexity index is 235. The summed E-state index contributed by atoms with van der Waals surface area (Å²) < 4.78 is 20.8. The predicted molar refractivity (Wildman–Crippen MR) is 39.3 cm³/mol. The minimum atomic E-state index is -3.47. The van der Waals surface area contributed by atoms with Crippen molar-refractivity contribution in [3.05, 3.63) is 12.7 Å². The summed E-state index contributed by atoms with van der Waals surface area (Å²) in [7, 11) is -3.47. The molecule has 0 aromatic heterocycles. The highest BCUT2D eigenvalue weighted by Gasteiger charge is 2.40. The summed E-state index contributed by atoms with van der Waals surface area (Å²) in [5.41, 5.74) is -0.665. The van der Waals surface area contributed by atoms with Crippen LogP contribution in [0.15, 0.2) is 12.7 Å². The second-order valence-corrected chi connectivity index (χ2v) is 4.16. The van der Waals surface area contributed by atoms with Crippen LogP contribution in [0.2, 0.25) is 0 Å². The topological polar surface area (TPSA) is 52.6 Å². The minimum Gasteiger partial charge on any atom is -0.300 e. The van der Waals surface area contributed by atoms with Crippen LogP contribution in [0.4, 0.5) is 0 Å². The van der Waals surface area contributed by atoms with Crippen molar-refractivity contribution in [2.45, 2.75) is 13.0 Å². The fourth-order valence-electron chi connectivity index (χ4n) is 0.728. The van der Waals surface area contributed by atoms with E-state index in [1.165, 1.54) is 0 Å². The third-order valence-corrected chi connectivity index (χ3v) is 3.09. The van der Waals surface area contributed by atoms with Crippen molar-refractivity contribution in [3.8, 4) is 0 Å². The monoisotopic (exact) mass is 176 g/mol. The van der Waals surface area contributed by atoms with Gasteiger partial charge in [-0.1, -0.05) is 6.58 Å². The number of carbonyl (C=O) groups is 1. The standard InChI is InChI=1S/C6H9O4P/c1-3-6(7)11(8)9-4-5(2)10-11/h3,5H,1,4H2,2H3. The van der Waals surface area contributed by atoms with Crippen LogP contribution < -0.4 is 0 Å². The van der Waals surface area contributed by atoms with Gasteiger partial charge in [-0.25, -0.2) is 0 Å². The molecular formula is C6H9O4P. The lowest BCUT2D eigenvalue weighted by molar-refractivity contribution is -0.109. The molecule has 62 valence electrons. The molecule has 2 unspecified atom stereocenters. The first-order valence-electron chi connectivity index (χ1n) is 3.18. The van der Waals surface area contributed by atoms with E-state index in [1.54, 1.807) is 6.92 Å². The molecule has 5 heteroatoms. The second-order valence-electron chi connectivity index (χ2n) is 2.25. The lowest BCUT2D eigenvalue weighted by Gasteiger charge is -2.03. The molecule has 0 radical (unpaired) electrons. The molecule has 0 spiro atoms. The van der Waals surface area contributed by atoms with E-state index in [1.807, 2.05) is 0 Å². The van der Waals surface area contributed by atoms with Gasteiger partial charge in [0.25, 0.3) is 5.52 Å². The fraction of sp³-hybridized carbons (Fsp3) is 0.500. The molecule has 0 amide bonds. The van der Waals surface area contributed by atoms with E-state index in [4.69, 9.17) is 9.05 Å². The molecular weight excluding hydrogens is 167 g/mol. The van der Waals surface area contributed by atoms with Crippen LogP contribution in [-0.4, -0.2) is 18.2 Å². The third-order valence-electron chi connectivity index (χ3n) is 1.24. The van der Waals surface area contributed by atoms with Crippen LogP contribution in [0.25, 0.3) is 0 Å². The Morgan fingerprint density at radius 3 is 2.82 bits per heavy atom. The average molecular weight is 176 g/mol. The molecule has 4 nitrogen and oxygen atoms in total. The maximum absolute atomic E-state index is 11.3. The first kappa shape index (κ1) is 8.65. The Labute approximate surface area is 64.7 Å². The van der Waals surface area contributed by atoms with Gasteiger partial charge in [0.1, 0.15) is 0 Å². The Balaban J connectivity index is 2.77. The second kappa shape index (κ2) is 2.89. The Morgan fingerprint density at radius 1 is 1.82 bits per heavy atom. The van der Waals surface area contributed by atoms with Gasteiger partial charge in [-0.3, -0.25) is 13.9 Å². The molecule has 1 aliphatic heterocycles. The normalized spacial score (nSPS) is 37.0. The molecule has 1 fully saturated rings. The van der Waals surface area contributed by atoms with Crippen molar-refractivity contribution in [2.75, 3.05) is 6.61 Å². The van der Waals surface area contributed by atoms with Gasteiger partial charge in [0.05, 0.1) is 12.7 Å². The number of hydrogen-bond donors (Lipinski definition) is 0. The summed E-state index contributed by atoms with van der Waals surface area (Å²) in [6.45, 7) is 5.09. The Kier molecular flexibility index (Phi) is 2.28. The van der Waals surface area contributed by atoms with E-state index in [0.717, 1.165) is 6.08 Å². The molecule has 11 heavy (non-hydrogen) atoms. The van der Waals surface area contributed by atoms with Gasteiger partial charge in [-0.15, -0.1) is 0 Å². The summed E-state index contributed by atoms with van der Waals surface area (Å²) in [5, 5.41) is 0. The first-order chi connectivity index (χ1) is 5.08. The SMILES string of the molecule is C=CC(=O)P1(=O)OCC(C)O1. The van der Waals surface area contributed by atoms with Gasteiger partial charge < -0.3 is 4.52 Å². The molecule has 0 bridgehead atoms. The van der Waals surface area contributed by atoms with Crippen LogP contribution in [-0.2, 0) is 18.4 Å². The van der Waals surface area contributed by atoms with Crippen LogP contribution in [0.3, 0.4) is 0 Å². The molecule has 0 N–H and O–H groups in total. The molecule has 1 aliphatic rings. The number of carbonyl (C=O) groups excluding carboxylic acids is 1.